The molecule has 1 unspecified atom stereocenters. The molecule has 0 saturated heterocycles. The minimum absolute atomic E-state index is 0.334. The van der Waals surface area contributed by atoms with Gasteiger partial charge in [0.05, 0.1) is 0 Å². The fourth-order valence-corrected chi connectivity index (χ4v) is 4.13. The molecule has 1 atom stereocenters. The van der Waals surface area contributed by atoms with Crippen LogP contribution in [-0.4, -0.2) is 11.5 Å². The second-order valence-corrected chi connectivity index (χ2v) is 7.39. The van der Waals surface area contributed by atoms with E-state index in [4.69, 9.17) is 0 Å². The summed E-state index contributed by atoms with van der Waals surface area (Å²) >= 11 is 9.87. The Morgan fingerprint density at radius 3 is 2.56 bits per heavy atom. The van der Waals surface area contributed by atoms with Gasteiger partial charge in [0, 0.05) is 15.1 Å². The number of hydrogen-bond acceptors (Lipinski definition) is 2. The summed E-state index contributed by atoms with van der Waals surface area (Å²) in [6.45, 7) is 6.86. The molecule has 1 aromatic carbocycles. The van der Waals surface area contributed by atoms with Gasteiger partial charge in [-0.15, -0.1) is 11.8 Å². The van der Waals surface area contributed by atoms with Crippen LogP contribution >= 0.6 is 40.3 Å². The summed E-state index contributed by atoms with van der Waals surface area (Å²) < 4.78 is 1.15. The predicted molar refractivity (Wildman–Crippen MR) is 81.7 cm³/mol. The number of thioether (sulfide) groups is 1. The van der Waals surface area contributed by atoms with Crippen LogP contribution in [0.5, 0.6) is 0 Å². The van der Waals surface area contributed by atoms with E-state index in [0.29, 0.717) is 11.3 Å². The van der Waals surface area contributed by atoms with E-state index in [0.717, 1.165) is 16.0 Å². The van der Waals surface area contributed by atoms with Gasteiger partial charge in [-0.25, -0.2) is 0 Å². The monoisotopic (exact) mass is 318 g/mol. The van der Waals surface area contributed by atoms with Crippen molar-refractivity contribution >= 4 is 40.3 Å². The molecule has 90 valence electrons. The van der Waals surface area contributed by atoms with Crippen LogP contribution in [0.3, 0.4) is 0 Å². The molecule has 0 heterocycles. The molecule has 0 radical (unpaired) electrons. The van der Waals surface area contributed by atoms with Gasteiger partial charge in [-0.2, -0.15) is 12.6 Å². The van der Waals surface area contributed by atoms with Gasteiger partial charge in [0.15, 0.2) is 0 Å². The molecule has 1 aromatic rings. The number of thiol groups is 1. The molecule has 16 heavy (non-hydrogen) atoms. The Bertz CT molecular complexity index is 331. The third kappa shape index (κ3) is 4.72. The lowest BCUT2D eigenvalue weighted by Gasteiger charge is -2.29. The second kappa shape index (κ2) is 6.36. The lowest BCUT2D eigenvalue weighted by atomic mass is 9.83. The molecule has 0 aliphatic rings. The first-order valence-corrected chi connectivity index (χ1v) is 7.84. The fourth-order valence-electron chi connectivity index (χ4n) is 1.33. The quantitative estimate of drug-likeness (QED) is 0.593. The van der Waals surface area contributed by atoms with E-state index >= 15 is 0 Å². The summed E-state index contributed by atoms with van der Waals surface area (Å²) in [5.41, 5.74) is 0.334. The zero-order valence-corrected chi connectivity index (χ0v) is 13.3. The highest BCUT2D eigenvalue weighted by atomic mass is 79.9. The molecule has 0 aliphatic heterocycles. The maximum atomic E-state index is 4.45. The molecule has 0 aliphatic carbocycles. The zero-order valence-electron chi connectivity index (χ0n) is 10.0. The van der Waals surface area contributed by atoms with E-state index in [9.17, 15) is 0 Å². The molecule has 0 bridgehead atoms. The first kappa shape index (κ1) is 14.5. The summed E-state index contributed by atoms with van der Waals surface area (Å²) in [6.07, 6.45) is 0. The van der Waals surface area contributed by atoms with E-state index in [1.165, 1.54) is 4.90 Å². The second-order valence-electron chi connectivity index (χ2n) is 5.01. The highest BCUT2D eigenvalue weighted by Gasteiger charge is 2.23. The van der Waals surface area contributed by atoms with Gasteiger partial charge >= 0.3 is 0 Å². The lowest BCUT2D eigenvalue weighted by Crippen LogP contribution is -2.24. The number of hydrogen-bond donors (Lipinski definition) is 1. The average molecular weight is 319 g/mol. The molecule has 0 N–H and O–H groups in total. The predicted octanol–water partition coefficient (Wildman–Crippen LogP) is 5.13. The minimum Gasteiger partial charge on any atom is -0.179 e. The van der Waals surface area contributed by atoms with Gasteiger partial charge in [-0.1, -0.05) is 42.8 Å². The van der Waals surface area contributed by atoms with Crippen LogP contribution in [-0.2, 0) is 0 Å². The van der Waals surface area contributed by atoms with Gasteiger partial charge in [-0.05, 0) is 35.3 Å². The van der Waals surface area contributed by atoms with E-state index in [2.05, 4.69) is 73.6 Å². The van der Waals surface area contributed by atoms with Crippen molar-refractivity contribution < 1.29 is 0 Å². The van der Waals surface area contributed by atoms with Crippen molar-refractivity contribution in [2.45, 2.75) is 25.7 Å². The smallest absolute Gasteiger partial charge is 0.0186 e. The SMILES string of the molecule is CC(C)(C)C(CS)CSc1cccc(Br)c1. The summed E-state index contributed by atoms with van der Waals surface area (Å²) in [6, 6.07) is 8.47. The van der Waals surface area contributed by atoms with Crippen LogP contribution in [0.4, 0.5) is 0 Å². The first-order valence-electron chi connectivity index (χ1n) is 5.42. The van der Waals surface area contributed by atoms with Gasteiger partial charge in [0.25, 0.3) is 0 Å². The van der Waals surface area contributed by atoms with Crippen molar-refractivity contribution in [2.24, 2.45) is 11.3 Å². The van der Waals surface area contributed by atoms with Crippen LogP contribution in [0.15, 0.2) is 33.6 Å². The maximum Gasteiger partial charge on any atom is 0.0186 e. The van der Waals surface area contributed by atoms with Crippen molar-refractivity contribution in [3.8, 4) is 0 Å². The van der Waals surface area contributed by atoms with E-state index in [1.807, 2.05) is 11.8 Å². The average Bonchev–Trinajstić information content (AvgIpc) is 2.16. The summed E-state index contributed by atoms with van der Waals surface area (Å²) in [4.78, 5) is 1.32. The highest BCUT2D eigenvalue weighted by Crippen LogP contribution is 2.33. The summed E-state index contributed by atoms with van der Waals surface area (Å²) in [5.74, 6) is 2.72. The van der Waals surface area contributed by atoms with Crippen LogP contribution in [0.2, 0.25) is 0 Å². The molecule has 0 fully saturated rings. The van der Waals surface area contributed by atoms with Crippen LogP contribution in [0.25, 0.3) is 0 Å². The lowest BCUT2D eigenvalue weighted by molar-refractivity contribution is 0.294. The van der Waals surface area contributed by atoms with Crippen molar-refractivity contribution in [2.75, 3.05) is 11.5 Å². The van der Waals surface area contributed by atoms with Gasteiger partial charge in [0.1, 0.15) is 0 Å². The molecular weight excluding hydrogens is 300 g/mol. The molecule has 3 heteroatoms. The van der Waals surface area contributed by atoms with Crippen LogP contribution in [0.1, 0.15) is 20.8 Å². The van der Waals surface area contributed by atoms with Gasteiger partial charge in [0.2, 0.25) is 0 Å². The minimum atomic E-state index is 0.334. The largest absolute Gasteiger partial charge is 0.179 e. The van der Waals surface area contributed by atoms with E-state index in [1.54, 1.807) is 0 Å². The zero-order chi connectivity index (χ0) is 12.2. The Morgan fingerprint density at radius 2 is 2.06 bits per heavy atom. The Kier molecular flexibility index (Phi) is 5.75. The normalized spacial score (nSPS) is 13.8. The van der Waals surface area contributed by atoms with E-state index < -0.39 is 0 Å². The van der Waals surface area contributed by atoms with Crippen molar-refractivity contribution in [1.29, 1.82) is 0 Å². The number of benzene rings is 1. The number of rotatable bonds is 4. The molecule has 0 aromatic heterocycles. The Labute approximate surface area is 117 Å². The summed E-state index contributed by atoms with van der Waals surface area (Å²) in [7, 11) is 0. The summed E-state index contributed by atoms with van der Waals surface area (Å²) in [5, 5.41) is 0. The first-order chi connectivity index (χ1) is 7.43. The van der Waals surface area contributed by atoms with Crippen LogP contribution < -0.4 is 0 Å². The molecule has 0 amide bonds. The highest BCUT2D eigenvalue weighted by molar-refractivity contribution is 9.10. The number of halogens is 1. The Morgan fingerprint density at radius 1 is 1.38 bits per heavy atom. The van der Waals surface area contributed by atoms with Gasteiger partial charge < -0.3 is 0 Å². The molecule has 1 rings (SSSR count). The van der Waals surface area contributed by atoms with Gasteiger partial charge in [-0.3, -0.25) is 0 Å². The Balaban J connectivity index is 2.56. The maximum absolute atomic E-state index is 4.45. The van der Waals surface area contributed by atoms with E-state index in [-0.39, 0.29) is 0 Å². The Hall–Kier alpha value is 0.400. The fraction of sp³-hybridized carbons (Fsp3) is 0.538. The van der Waals surface area contributed by atoms with Crippen molar-refractivity contribution in [3.63, 3.8) is 0 Å². The third-order valence-electron chi connectivity index (χ3n) is 2.69. The standard InChI is InChI=1S/C13H19BrS2/c1-13(2,3)10(8-15)9-16-12-6-4-5-11(14)7-12/h4-7,10,15H,8-9H2,1-3H3. The van der Waals surface area contributed by atoms with Crippen molar-refractivity contribution in [1.82, 2.24) is 0 Å². The molecule has 0 spiro atoms. The third-order valence-corrected chi connectivity index (χ3v) is 4.78. The molecule has 0 saturated carbocycles. The van der Waals surface area contributed by atoms with Crippen molar-refractivity contribution in [3.05, 3.63) is 28.7 Å². The molecular formula is C13H19BrS2. The van der Waals surface area contributed by atoms with Crippen LogP contribution in [0, 0.1) is 11.3 Å². The topological polar surface area (TPSA) is 0 Å². The molecule has 0 nitrogen and oxygen atoms in total.